The van der Waals surface area contributed by atoms with Crippen molar-refractivity contribution in [3.8, 4) is 11.5 Å². The lowest BCUT2D eigenvalue weighted by Gasteiger charge is -2.45. The maximum atomic E-state index is 14.3. The molecule has 4 rings (SSSR count). The first kappa shape index (κ1) is 30.1. The number of hydrogen-bond acceptors (Lipinski definition) is 9. The van der Waals surface area contributed by atoms with Crippen LogP contribution in [0.3, 0.4) is 0 Å². The van der Waals surface area contributed by atoms with E-state index in [1.54, 1.807) is 30.3 Å². The molecule has 2 aromatic rings. The molecule has 2 aliphatic heterocycles. The number of hydrogen-bond donors (Lipinski definition) is 4. The summed E-state index contributed by atoms with van der Waals surface area (Å²) in [4.78, 5) is 8.96. The predicted molar refractivity (Wildman–Crippen MR) is 145 cm³/mol. The molecule has 2 atom stereocenters. The minimum absolute atomic E-state index is 0.0704. The van der Waals surface area contributed by atoms with Crippen LogP contribution in [0.2, 0.25) is 0 Å². The van der Waals surface area contributed by atoms with Crippen molar-refractivity contribution in [2.75, 3.05) is 20.0 Å². The SMILES string of the molecule is CC(C)(CCC1(C)OCCO1)CC[C@](O)([C@](N)(Cc1ccccc1)NC(=O)O)S(=O)(=O)c1ccc2c(c1)OCO2. The van der Waals surface area contributed by atoms with E-state index in [1.165, 1.54) is 18.2 Å². The summed E-state index contributed by atoms with van der Waals surface area (Å²) in [7, 11) is -4.69. The third-order valence-corrected chi connectivity index (χ3v) is 10.1. The van der Waals surface area contributed by atoms with Crippen LogP contribution in [0.4, 0.5) is 4.79 Å². The van der Waals surface area contributed by atoms with Crippen LogP contribution in [-0.2, 0) is 25.7 Å². The molecular formula is C28H38N2O9S. The molecule has 5 N–H and O–H groups in total. The standard InChI is InChI=1S/C28H38N2O9S/c1-25(2,11-13-26(3)38-15-16-39-26)12-14-28(33,27(29,30-24(31)32)18-20-7-5-4-6-8-20)40(34,35)21-9-10-22-23(17-21)37-19-36-22/h4-10,17,30,33H,11-16,18-19,29H2,1-3H3,(H,31,32)/t27-,28+/m0/s1. The minimum Gasteiger partial charge on any atom is -0.465 e. The van der Waals surface area contributed by atoms with Crippen molar-refractivity contribution < 1.29 is 42.4 Å². The maximum Gasteiger partial charge on any atom is 0.406 e. The molecule has 2 heterocycles. The average molecular weight is 579 g/mol. The molecule has 2 aliphatic rings. The van der Waals surface area contributed by atoms with Gasteiger partial charge in [0.2, 0.25) is 21.6 Å². The highest BCUT2D eigenvalue weighted by atomic mass is 32.2. The lowest BCUT2D eigenvalue weighted by atomic mass is 9.79. The van der Waals surface area contributed by atoms with Crippen molar-refractivity contribution in [1.29, 1.82) is 0 Å². The zero-order valence-corrected chi connectivity index (χ0v) is 23.8. The van der Waals surface area contributed by atoms with Gasteiger partial charge in [-0.1, -0.05) is 44.2 Å². The molecule has 12 heteroatoms. The van der Waals surface area contributed by atoms with E-state index in [9.17, 15) is 23.4 Å². The van der Waals surface area contributed by atoms with Crippen LogP contribution in [0.1, 0.15) is 52.0 Å². The molecular weight excluding hydrogens is 540 g/mol. The van der Waals surface area contributed by atoms with Crippen LogP contribution in [0.15, 0.2) is 53.4 Å². The van der Waals surface area contributed by atoms with Crippen molar-refractivity contribution >= 4 is 15.9 Å². The fraction of sp³-hybridized carbons (Fsp3) is 0.536. The van der Waals surface area contributed by atoms with Crippen molar-refractivity contribution in [3.63, 3.8) is 0 Å². The van der Waals surface area contributed by atoms with Crippen molar-refractivity contribution in [3.05, 3.63) is 54.1 Å². The largest absolute Gasteiger partial charge is 0.465 e. The molecule has 0 saturated carbocycles. The van der Waals surface area contributed by atoms with Gasteiger partial charge in [0.25, 0.3) is 0 Å². The molecule has 1 amide bonds. The third kappa shape index (κ3) is 6.21. The molecule has 2 aromatic carbocycles. The number of aliphatic hydroxyl groups is 1. The summed E-state index contributed by atoms with van der Waals surface area (Å²) < 4.78 is 50.7. The predicted octanol–water partition coefficient (Wildman–Crippen LogP) is 3.39. The van der Waals surface area contributed by atoms with E-state index in [-0.39, 0.29) is 36.7 Å². The van der Waals surface area contributed by atoms with Crippen LogP contribution in [0.5, 0.6) is 11.5 Å². The van der Waals surface area contributed by atoms with Gasteiger partial charge in [0.15, 0.2) is 17.3 Å². The van der Waals surface area contributed by atoms with Crippen LogP contribution in [0.25, 0.3) is 0 Å². The number of sulfone groups is 1. The number of nitrogens with two attached hydrogens (primary N) is 1. The molecule has 1 fully saturated rings. The molecule has 0 aromatic heterocycles. The molecule has 1 saturated heterocycles. The first-order valence-electron chi connectivity index (χ1n) is 13.2. The molecule has 40 heavy (non-hydrogen) atoms. The number of rotatable bonds is 12. The highest BCUT2D eigenvalue weighted by molar-refractivity contribution is 7.92. The maximum absolute atomic E-state index is 14.3. The smallest absolute Gasteiger partial charge is 0.406 e. The summed E-state index contributed by atoms with van der Waals surface area (Å²) in [5, 5.41) is 24.2. The Morgan fingerprint density at radius 2 is 1.68 bits per heavy atom. The van der Waals surface area contributed by atoms with E-state index in [1.807, 2.05) is 20.8 Å². The lowest BCUT2D eigenvalue weighted by molar-refractivity contribution is -0.151. The van der Waals surface area contributed by atoms with E-state index in [0.717, 1.165) is 0 Å². The van der Waals surface area contributed by atoms with Crippen molar-refractivity contribution in [1.82, 2.24) is 5.32 Å². The summed E-state index contributed by atoms with van der Waals surface area (Å²) >= 11 is 0. The zero-order valence-electron chi connectivity index (χ0n) is 23.0. The molecule has 220 valence electrons. The van der Waals surface area contributed by atoms with Gasteiger partial charge in [0.05, 0.1) is 18.1 Å². The number of amides is 1. The number of nitrogens with one attached hydrogen (secondary N) is 1. The summed E-state index contributed by atoms with van der Waals surface area (Å²) in [6.45, 7) is 6.68. The monoisotopic (exact) mass is 578 g/mol. The van der Waals surface area contributed by atoms with Gasteiger partial charge < -0.3 is 34.9 Å². The van der Waals surface area contributed by atoms with E-state index in [4.69, 9.17) is 24.7 Å². The Morgan fingerprint density at radius 3 is 2.33 bits per heavy atom. The summed E-state index contributed by atoms with van der Waals surface area (Å²) in [5.74, 6) is -0.173. The van der Waals surface area contributed by atoms with Gasteiger partial charge in [-0.3, -0.25) is 5.32 Å². The Hall–Kier alpha value is -2.90. The topological polar surface area (TPSA) is 167 Å². The fourth-order valence-corrected chi connectivity index (χ4v) is 7.00. The lowest BCUT2D eigenvalue weighted by Crippen LogP contribution is -2.74. The molecule has 0 aliphatic carbocycles. The van der Waals surface area contributed by atoms with Gasteiger partial charge in [0, 0.05) is 18.9 Å². The molecule has 0 spiro atoms. The average Bonchev–Trinajstić information content (AvgIpc) is 3.55. The van der Waals surface area contributed by atoms with Gasteiger partial charge >= 0.3 is 6.09 Å². The van der Waals surface area contributed by atoms with Crippen LogP contribution >= 0.6 is 0 Å². The summed E-state index contributed by atoms with van der Waals surface area (Å²) in [6, 6.07) is 12.6. The fourth-order valence-electron chi connectivity index (χ4n) is 5.12. The summed E-state index contributed by atoms with van der Waals surface area (Å²) in [6.07, 6.45) is -0.886. The molecule has 11 nitrogen and oxygen atoms in total. The zero-order chi connectivity index (χ0) is 29.2. The number of fused-ring (bicyclic) bond motifs is 1. The third-order valence-electron chi connectivity index (χ3n) is 7.75. The highest BCUT2D eigenvalue weighted by Crippen LogP contribution is 2.44. The molecule has 0 radical (unpaired) electrons. The minimum atomic E-state index is -4.69. The number of carbonyl (C=O) groups is 1. The normalized spacial score (nSPS) is 19.5. The second kappa shape index (κ2) is 11.2. The van der Waals surface area contributed by atoms with Gasteiger partial charge in [-0.15, -0.1) is 0 Å². The Balaban J connectivity index is 1.72. The Morgan fingerprint density at radius 1 is 1.02 bits per heavy atom. The quantitative estimate of drug-likeness (QED) is 0.274. The van der Waals surface area contributed by atoms with Gasteiger partial charge in [-0.05, 0) is 49.3 Å². The second-order valence-corrected chi connectivity index (χ2v) is 13.5. The van der Waals surface area contributed by atoms with Crippen LogP contribution in [0, 0.1) is 5.41 Å². The van der Waals surface area contributed by atoms with Gasteiger partial charge in [-0.25, -0.2) is 13.2 Å². The van der Waals surface area contributed by atoms with Crippen LogP contribution in [-0.4, -0.2) is 61.1 Å². The van der Waals surface area contributed by atoms with Crippen molar-refractivity contribution in [2.24, 2.45) is 11.1 Å². The van der Waals surface area contributed by atoms with E-state index in [2.05, 4.69) is 5.32 Å². The van der Waals surface area contributed by atoms with Gasteiger partial charge in [0.1, 0.15) is 5.66 Å². The first-order valence-corrected chi connectivity index (χ1v) is 14.7. The Labute approximate surface area is 234 Å². The Kier molecular flexibility index (Phi) is 8.40. The van der Waals surface area contributed by atoms with E-state index in [0.29, 0.717) is 37.4 Å². The summed E-state index contributed by atoms with van der Waals surface area (Å²) in [5.41, 5.74) is 4.38. The number of ether oxygens (including phenoxy) is 4. The van der Waals surface area contributed by atoms with E-state index < -0.39 is 37.7 Å². The number of carboxylic acid groups (broad SMARTS) is 1. The van der Waals surface area contributed by atoms with Crippen molar-refractivity contribution in [2.45, 2.75) is 74.2 Å². The van der Waals surface area contributed by atoms with E-state index >= 15 is 0 Å². The Bertz CT molecular complexity index is 1310. The molecule has 0 bridgehead atoms. The van der Waals surface area contributed by atoms with Gasteiger partial charge in [-0.2, -0.15) is 0 Å². The van der Waals surface area contributed by atoms with Crippen LogP contribution < -0.4 is 20.5 Å². The first-order chi connectivity index (χ1) is 18.7. The second-order valence-electron chi connectivity index (χ2n) is 11.4. The number of benzene rings is 2. The highest BCUT2D eigenvalue weighted by Gasteiger charge is 2.59. The molecule has 0 unspecified atom stereocenters.